The lowest BCUT2D eigenvalue weighted by Crippen LogP contribution is -2.35. The van der Waals surface area contributed by atoms with Crippen LogP contribution in [0.2, 0.25) is 0 Å². The molecule has 0 radical (unpaired) electrons. The number of amides is 2. The molecule has 2 N–H and O–H groups in total. The molecule has 5 nitrogen and oxygen atoms in total. The predicted molar refractivity (Wildman–Crippen MR) is 69.3 cm³/mol. The molecule has 0 saturated carbocycles. The number of anilines is 1. The number of ether oxygens (including phenoxy) is 1. The smallest absolute Gasteiger partial charge is 0.319 e. The summed E-state index contributed by atoms with van der Waals surface area (Å²) in [6.45, 7) is 3.36. The number of halogens is 1. The van der Waals surface area contributed by atoms with E-state index in [4.69, 9.17) is 0 Å². The second-order valence-corrected chi connectivity index (χ2v) is 4.17. The van der Waals surface area contributed by atoms with E-state index in [2.05, 4.69) is 15.4 Å². The van der Waals surface area contributed by atoms with E-state index in [1.165, 1.54) is 19.2 Å². The van der Waals surface area contributed by atoms with Gasteiger partial charge in [0.2, 0.25) is 0 Å². The molecule has 1 aromatic rings. The minimum atomic E-state index is -0.496. The first-order valence-electron chi connectivity index (χ1n) is 5.83. The van der Waals surface area contributed by atoms with E-state index in [-0.39, 0.29) is 12.4 Å². The van der Waals surface area contributed by atoms with Crippen LogP contribution in [0.15, 0.2) is 18.2 Å². The second-order valence-electron chi connectivity index (χ2n) is 4.17. The van der Waals surface area contributed by atoms with Gasteiger partial charge in [0.1, 0.15) is 5.82 Å². The van der Waals surface area contributed by atoms with E-state index in [0.29, 0.717) is 11.3 Å². The Morgan fingerprint density at radius 2 is 2.11 bits per heavy atom. The molecular weight excluding hydrogens is 251 g/mol. The number of rotatable bonds is 4. The van der Waals surface area contributed by atoms with Gasteiger partial charge in [-0.05, 0) is 19.1 Å². The fourth-order valence-electron chi connectivity index (χ4n) is 1.44. The summed E-state index contributed by atoms with van der Waals surface area (Å²) in [5.41, 5.74) is 0.752. The Balaban J connectivity index is 2.52. The SMILES string of the molecule is COC(=O)[C@H](C)CNC(=O)Nc1cccc(F)c1C. The first-order valence-corrected chi connectivity index (χ1v) is 5.83. The summed E-state index contributed by atoms with van der Waals surface area (Å²) < 4.78 is 17.8. The number of carbonyl (C=O) groups excluding carboxylic acids is 2. The van der Waals surface area contributed by atoms with Gasteiger partial charge in [0.25, 0.3) is 0 Å². The largest absolute Gasteiger partial charge is 0.469 e. The molecule has 0 aliphatic rings. The highest BCUT2D eigenvalue weighted by molar-refractivity contribution is 5.90. The topological polar surface area (TPSA) is 67.4 Å². The Hall–Kier alpha value is -2.11. The highest BCUT2D eigenvalue weighted by atomic mass is 19.1. The molecule has 0 aromatic heterocycles. The molecule has 0 aliphatic heterocycles. The summed E-state index contributed by atoms with van der Waals surface area (Å²) in [6.07, 6.45) is 0. The Morgan fingerprint density at radius 1 is 1.42 bits per heavy atom. The minimum Gasteiger partial charge on any atom is -0.469 e. The molecule has 0 unspecified atom stereocenters. The van der Waals surface area contributed by atoms with Crippen LogP contribution in [0.4, 0.5) is 14.9 Å². The van der Waals surface area contributed by atoms with Gasteiger partial charge in [0.15, 0.2) is 0 Å². The third-order valence-electron chi connectivity index (χ3n) is 2.69. The lowest BCUT2D eigenvalue weighted by Gasteiger charge is -2.12. The number of nitrogens with one attached hydrogen (secondary N) is 2. The zero-order chi connectivity index (χ0) is 14.4. The number of hydrogen-bond donors (Lipinski definition) is 2. The van der Waals surface area contributed by atoms with Gasteiger partial charge in [0.05, 0.1) is 13.0 Å². The van der Waals surface area contributed by atoms with Gasteiger partial charge in [-0.1, -0.05) is 13.0 Å². The van der Waals surface area contributed by atoms with Gasteiger partial charge in [-0.3, -0.25) is 4.79 Å². The zero-order valence-electron chi connectivity index (χ0n) is 11.1. The molecule has 0 aliphatic carbocycles. The monoisotopic (exact) mass is 268 g/mol. The van der Waals surface area contributed by atoms with Crippen LogP contribution < -0.4 is 10.6 Å². The van der Waals surface area contributed by atoms with Crippen LogP contribution in [-0.2, 0) is 9.53 Å². The summed E-state index contributed by atoms with van der Waals surface area (Å²) in [5, 5.41) is 5.04. The van der Waals surface area contributed by atoms with Gasteiger partial charge < -0.3 is 15.4 Å². The molecule has 0 heterocycles. The fraction of sp³-hybridized carbons (Fsp3) is 0.385. The fourth-order valence-corrected chi connectivity index (χ4v) is 1.44. The normalized spacial score (nSPS) is 11.6. The minimum absolute atomic E-state index is 0.146. The van der Waals surface area contributed by atoms with E-state index >= 15 is 0 Å². The van der Waals surface area contributed by atoms with Crippen LogP contribution in [0.3, 0.4) is 0 Å². The van der Waals surface area contributed by atoms with Crippen LogP contribution in [0.25, 0.3) is 0 Å². The Kier molecular flexibility index (Phi) is 5.29. The maximum atomic E-state index is 13.3. The van der Waals surface area contributed by atoms with E-state index in [1.54, 1.807) is 19.9 Å². The lowest BCUT2D eigenvalue weighted by atomic mass is 10.2. The Morgan fingerprint density at radius 3 is 2.74 bits per heavy atom. The molecule has 104 valence electrons. The van der Waals surface area contributed by atoms with E-state index < -0.39 is 17.9 Å². The molecule has 1 atom stereocenters. The number of hydrogen-bond acceptors (Lipinski definition) is 3. The van der Waals surface area contributed by atoms with Crippen molar-refractivity contribution >= 4 is 17.7 Å². The van der Waals surface area contributed by atoms with Crippen molar-refractivity contribution in [1.29, 1.82) is 0 Å². The molecule has 19 heavy (non-hydrogen) atoms. The van der Waals surface area contributed by atoms with Gasteiger partial charge >= 0.3 is 12.0 Å². The quantitative estimate of drug-likeness (QED) is 0.821. The molecular formula is C13H17FN2O3. The van der Waals surface area contributed by atoms with Crippen molar-refractivity contribution in [1.82, 2.24) is 5.32 Å². The molecule has 0 fully saturated rings. The summed E-state index contributed by atoms with van der Waals surface area (Å²) in [5.74, 6) is -1.23. The number of methoxy groups -OCH3 is 1. The molecule has 6 heteroatoms. The summed E-state index contributed by atoms with van der Waals surface area (Å²) in [4.78, 5) is 22.7. The lowest BCUT2D eigenvalue weighted by molar-refractivity contribution is -0.144. The summed E-state index contributed by atoms with van der Waals surface area (Å²) in [7, 11) is 1.29. The second kappa shape index (κ2) is 6.72. The van der Waals surface area contributed by atoms with Crippen molar-refractivity contribution in [2.24, 2.45) is 5.92 Å². The standard InChI is InChI=1S/C13H17FN2O3/c1-8(12(17)19-3)7-15-13(18)16-11-6-4-5-10(14)9(11)2/h4-6,8H,7H2,1-3H3,(H2,15,16,18)/t8-/m1/s1. The Labute approximate surface area is 111 Å². The van der Waals surface area contributed by atoms with Crippen LogP contribution in [0.5, 0.6) is 0 Å². The average molecular weight is 268 g/mol. The third kappa shape index (κ3) is 4.24. The molecule has 0 bridgehead atoms. The molecule has 0 saturated heterocycles. The maximum Gasteiger partial charge on any atom is 0.319 e. The third-order valence-corrected chi connectivity index (χ3v) is 2.69. The number of benzene rings is 1. The van der Waals surface area contributed by atoms with Crippen LogP contribution in [0, 0.1) is 18.7 Å². The van der Waals surface area contributed by atoms with E-state index in [0.717, 1.165) is 0 Å². The van der Waals surface area contributed by atoms with Gasteiger partial charge in [-0.25, -0.2) is 9.18 Å². The molecule has 0 spiro atoms. The van der Waals surface area contributed by atoms with Gasteiger partial charge in [-0.2, -0.15) is 0 Å². The van der Waals surface area contributed by atoms with Crippen molar-refractivity contribution in [3.8, 4) is 0 Å². The van der Waals surface area contributed by atoms with Crippen LogP contribution in [-0.4, -0.2) is 25.7 Å². The van der Waals surface area contributed by atoms with Crippen molar-refractivity contribution in [3.05, 3.63) is 29.6 Å². The van der Waals surface area contributed by atoms with Crippen molar-refractivity contribution in [3.63, 3.8) is 0 Å². The van der Waals surface area contributed by atoms with Crippen LogP contribution >= 0.6 is 0 Å². The predicted octanol–water partition coefficient (Wildman–Crippen LogP) is 2.06. The van der Waals surface area contributed by atoms with Crippen LogP contribution in [0.1, 0.15) is 12.5 Å². The first-order chi connectivity index (χ1) is 8.95. The number of carbonyl (C=O) groups is 2. The summed E-state index contributed by atoms with van der Waals surface area (Å²) in [6, 6.07) is 3.93. The molecule has 1 rings (SSSR count). The van der Waals surface area contributed by atoms with Gasteiger partial charge in [-0.15, -0.1) is 0 Å². The average Bonchev–Trinajstić information content (AvgIpc) is 2.40. The number of urea groups is 1. The maximum absolute atomic E-state index is 13.3. The highest BCUT2D eigenvalue weighted by Crippen LogP contribution is 2.16. The van der Waals surface area contributed by atoms with E-state index in [1.807, 2.05) is 0 Å². The zero-order valence-corrected chi connectivity index (χ0v) is 11.1. The first kappa shape index (κ1) is 14.9. The summed E-state index contributed by atoms with van der Waals surface area (Å²) >= 11 is 0. The Bertz CT molecular complexity index is 477. The highest BCUT2D eigenvalue weighted by Gasteiger charge is 2.14. The van der Waals surface area contributed by atoms with Crippen molar-refractivity contribution in [2.45, 2.75) is 13.8 Å². The van der Waals surface area contributed by atoms with Crippen molar-refractivity contribution < 1.29 is 18.7 Å². The van der Waals surface area contributed by atoms with Gasteiger partial charge in [0, 0.05) is 17.8 Å². The molecule has 2 amide bonds. The van der Waals surface area contributed by atoms with Crippen molar-refractivity contribution in [2.75, 3.05) is 19.0 Å². The molecule has 1 aromatic carbocycles. The number of esters is 1. The van der Waals surface area contributed by atoms with E-state index in [9.17, 15) is 14.0 Å².